The minimum Gasteiger partial charge on any atom is -1.00 e. The summed E-state index contributed by atoms with van der Waals surface area (Å²) < 4.78 is 19.0. The van der Waals surface area contributed by atoms with Crippen molar-refractivity contribution in [3.63, 3.8) is 0 Å². The number of esters is 3. The molecule has 0 amide bonds. The van der Waals surface area contributed by atoms with Gasteiger partial charge in [-0.15, -0.1) is 0 Å². The van der Waals surface area contributed by atoms with Crippen LogP contribution in [0.15, 0.2) is 0 Å². The Kier molecular flexibility index (Phi) is 9.92. The molecule has 10 atom stereocenters. The van der Waals surface area contributed by atoms with Gasteiger partial charge in [0.05, 0.1) is 20.1 Å². The lowest BCUT2D eigenvalue weighted by Crippen LogP contribution is -3.00. The van der Waals surface area contributed by atoms with Gasteiger partial charge in [0.1, 0.15) is 18.2 Å². The summed E-state index contributed by atoms with van der Waals surface area (Å²) in [6.07, 6.45) is 12.1. The molecule has 9 heteroatoms. The molecular weight excluding hydrogens is 624 g/mol. The van der Waals surface area contributed by atoms with Crippen LogP contribution < -0.4 is 17.0 Å². The van der Waals surface area contributed by atoms with Crippen molar-refractivity contribution < 1.29 is 50.1 Å². The first kappa shape index (κ1) is 34.2. The van der Waals surface area contributed by atoms with Crippen molar-refractivity contribution in [2.75, 3.05) is 33.2 Å². The molecule has 4 aliphatic carbocycles. The van der Waals surface area contributed by atoms with Gasteiger partial charge in [-0.25, -0.2) is 0 Å². The fourth-order valence-electron chi connectivity index (χ4n) is 11.9. The SMILES string of the molecule is CC(=O)OC1CCN([C@H]2C[C@@]3(C)[C@@H](CC[C@@H]4[C@@H]3CC[C@@]3(C)[C@H]4C[C@H]([N+]4(C)CCCC4)[C@@H]3OC(C)=O)C[C@@H]2OC(C)=O)CC1.[Br-]. The van der Waals surface area contributed by atoms with E-state index in [9.17, 15) is 14.4 Å². The number of likely N-dealkylation sites (tertiary alicyclic amines) is 2. The molecule has 2 aliphatic heterocycles. The maximum Gasteiger partial charge on any atom is 0.303 e. The van der Waals surface area contributed by atoms with Gasteiger partial charge in [-0.2, -0.15) is 0 Å². The molecule has 44 heavy (non-hydrogen) atoms. The second-order valence-corrected chi connectivity index (χ2v) is 16.2. The molecule has 0 aromatic heterocycles. The fraction of sp³-hybridized carbons (Fsp3) is 0.914. The van der Waals surface area contributed by atoms with Gasteiger partial charge in [0, 0.05) is 64.6 Å². The first-order chi connectivity index (χ1) is 20.3. The standard InChI is InChI=1S/C35H57N2O6.BrH/c1-22(38)41-26-12-15-36(16-13-26)30-21-35(5)25(19-32(30)42-23(2)39)9-10-27-28(35)11-14-34(4)29(27)20-31(33(34)43-24(3)40)37(6)17-7-8-18-37;/h25-33H,7-21H2,1-6H3;1H/q+1;/p-1/t25-,27+,28-,29-,30-,31-,32-,33-,34-,35-;/m0./s1. The molecule has 4 saturated carbocycles. The van der Waals surface area contributed by atoms with Gasteiger partial charge in [-0.1, -0.05) is 13.8 Å². The summed E-state index contributed by atoms with van der Waals surface area (Å²) in [6, 6.07) is 0.603. The summed E-state index contributed by atoms with van der Waals surface area (Å²) in [6.45, 7) is 13.8. The fourth-order valence-corrected chi connectivity index (χ4v) is 11.9. The van der Waals surface area contributed by atoms with E-state index in [1.807, 2.05) is 0 Å². The molecular formula is C35H57BrN2O6. The Morgan fingerprint density at radius 1 is 0.773 bits per heavy atom. The largest absolute Gasteiger partial charge is 1.00 e. The van der Waals surface area contributed by atoms with E-state index in [2.05, 4.69) is 25.8 Å². The van der Waals surface area contributed by atoms with Gasteiger partial charge in [-0.05, 0) is 80.5 Å². The van der Waals surface area contributed by atoms with E-state index in [-0.39, 0.29) is 70.1 Å². The molecule has 2 saturated heterocycles. The maximum absolute atomic E-state index is 12.5. The Balaban J connectivity index is 0.00000384. The third kappa shape index (κ3) is 6.00. The van der Waals surface area contributed by atoms with Crippen LogP contribution in [0.5, 0.6) is 0 Å². The quantitative estimate of drug-likeness (QED) is 0.250. The smallest absolute Gasteiger partial charge is 0.303 e. The third-order valence-electron chi connectivity index (χ3n) is 13.9. The number of carbonyl (C=O) groups excluding carboxylic acids is 3. The highest BCUT2D eigenvalue weighted by Crippen LogP contribution is 2.67. The zero-order valence-corrected chi connectivity index (χ0v) is 29.6. The predicted molar refractivity (Wildman–Crippen MR) is 163 cm³/mol. The summed E-state index contributed by atoms with van der Waals surface area (Å²) >= 11 is 0. The number of carbonyl (C=O) groups is 3. The van der Waals surface area contributed by atoms with Crippen molar-refractivity contribution >= 4 is 17.9 Å². The van der Waals surface area contributed by atoms with E-state index >= 15 is 0 Å². The summed E-state index contributed by atoms with van der Waals surface area (Å²) in [5.74, 6) is 1.93. The molecule has 0 N–H and O–H groups in total. The first-order valence-corrected chi connectivity index (χ1v) is 17.4. The molecule has 8 nitrogen and oxygen atoms in total. The van der Waals surface area contributed by atoms with Crippen molar-refractivity contribution in [1.82, 2.24) is 4.90 Å². The van der Waals surface area contributed by atoms with E-state index in [4.69, 9.17) is 14.2 Å². The van der Waals surface area contributed by atoms with Crippen LogP contribution in [0.25, 0.3) is 0 Å². The lowest BCUT2D eigenvalue weighted by molar-refractivity contribution is -0.924. The lowest BCUT2D eigenvalue weighted by Gasteiger charge is -2.62. The third-order valence-corrected chi connectivity index (χ3v) is 13.9. The highest BCUT2D eigenvalue weighted by Gasteiger charge is 2.67. The van der Waals surface area contributed by atoms with Gasteiger partial charge in [-0.3, -0.25) is 19.3 Å². The number of hydrogen-bond acceptors (Lipinski definition) is 7. The van der Waals surface area contributed by atoms with Crippen LogP contribution in [0.4, 0.5) is 0 Å². The number of quaternary nitrogens is 1. The summed E-state index contributed by atoms with van der Waals surface area (Å²) in [7, 11) is 2.43. The van der Waals surface area contributed by atoms with Crippen LogP contribution in [0.1, 0.15) is 105 Å². The van der Waals surface area contributed by atoms with Crippen molar-refractivity contribution in [3.8, 4) is 0 Å². The van der Waals surface area contributed by atoms with Crippen LogP contribution in [0.3, 0.4) is 0 Å². The minimum absolute atomic E-state index is 0. The summed E-state index contributed by atoms with van der Waals surface area (Å²) in [5, 5.41) is 0. The Bertz CT molecular complexity index is 1090. The second kappa shape index (κ2) is 12.8. The van der Waals surface area contributed by atoms with E-state index in [0.717, 1.165) is 49.7 Å². The van der Waals surface area contributed by atoms with E-state index in [1.165, 1.54) is 58.5 Å². The average molecular weight is 682 g/mol. The second-order valence-electron chi connectivity index (χ2n) is 16.2. The Hall–Kier alpha value is -1.19. The van der Waals surface area contributed by atoms with Crippen molar-refractivity contribution in [2.45, 2.75) is 136 Å². The van der Waals surface area contributed by atoms with Gasteiger partial charge in [0.25, 0.3) is 0 Å². The molecule has 250 valence electrons. The normalized spacial score (nSPS) is 43.5. The highest BCUT2D eigenvalue weighted by atomic mass is 79.9. The topological polar surface area (TPSA) is 82.1 Å². The molecule has 2 heterocycles. The number of nitrogens with zero attached hydrogens (tertiary/aromatic N) is 2. The molecule has 6 rings (SSSR count). The Morgan fingerprint density at radius 3 is 2.02 bits per heavy atom. The minimum atomic E-state index is -0.201. The van der Waals surface area contributed by atoms with Crippen molar-refractivity contribution in [1.29, 1.82) is 0 Å². The van der Waals surface area contributed by atoms with Gasteiger partial charge in [0.2, 0.25) is 0 Å². The Morgan fingerprint density at radius 2 is 1.41 bits per heavy atom. The highest BCUT2D eigenvalue weighted by molar-refractivity contribution is 5.67. The zero-order chi connectivity index (χ0) is 30.7. The van der Waals surface area contributed by atoms with Gasteiger partial charge in [0.15, 0.2) is 6.10 Å². The van der Waals surface area contributed by atoms with Gasteiger partial charge >= 0.3 is 17.9 Å². The van der Waals surface area contributed by atoms with Crippen LogP contribution in [-0.4, -0.2) is 90.9 Å². The van der Waals surface area contributed by atoms with E-state index in [1.54, 1.807) is 13.8 Å². The van der Waals surface area contributed by atoms with Crippen LogP contribution in [-0.2, 0) is 28.6 Å². The molecule has 0 bridgehead atoms. The molecule has 6 aliphatic rings. The molecule has 0 aromatic carbocycles. The van der Waals surface area contributed by atoms with E-state index in [0.29, 0.717) is 29.7 Å². The van der Waals surface area contributed by atoms with Crippen LogP contribution in [0, 0.1) is 34.5 Å². The monoisotopic (exact) mass is 680 g/mol. The molecule has 0 radical (unpaired) electrons. The van der Waals surface area contributed by atoms with Gasteiger partial charge < -0.3 is 35.7 Å². The summed E-state index contributed by atoms with van der Waals surface area (Å²) in [5.41, 5.74) is 0.233. The Labute approximate surface area is 275 Å². The predicted octanol–water partition coefficient (Wildman–Crippen LogP) is 2.12. The molecule has 0 aromatic rings. The summed E-state index contributed by atoms with van der Waals surface area (Å²) in [4.78, 5) is 38.9. The van der Waals surface area contributed by atoms with Crippen LogP contribution in [0.2, 0.25) is 0 Å². The number of hydrogen-bond donors (Lipinski definition) is 0. The molecule has 6 fully saturated rings. The molecule has 0 unspecified atom stereocenters. The average Bonchev–Trinajstić information content (AvgIpc) is 3.50. The van der Waals surface area contributed by atoms with E-state index < -0.39 is 0 Å². The van der Waals surface area contributed by atoms with Crippen LogP contribution >= 0.6 is 0 Å². The number of halogens is 1. The number of piperidine rings is 1. The zero-order valence-electron chi connectivity index (χ0n) is 28.0. The molecule has 0 spiro atoms. The number of fused-ring (bicyclic) bond motifs is 5. The maximum atomic E-state index is 12.5. The lowest BCUT2D eigenvalue weighted by atomic mass is 9.44. The number of ether oxygens (including phenoxy) is 3. The first-order valence-electron chi connectivity index (χ1n) is 17.4. The number of likely N-dealkylation sites (N-methyl/N-ethyl adjacent to an activating group) is 1. The number of rotatable bonds is 5. The van der Waals surface area contributed by atoms with Crippen molar-refractivity contribution in [3.05, 3.63) is 0 Å². The van der Waals surface area contributed by atoms with Crippen molar-refractivity contribution in [2.24, 2.45) is 34.5 Å².